The summed E-state index contributed by atoms with van der Waals surface area (Å²) in [6.07, 6.45) is 8.76. The summed E-state index contributed by atoms with van der Waals surface area (Å²) >= 11 is 0. The average molecular weight is 235 g/mol. The first-order valence-electron chi connectivity index (χ1n) is 3.89. The number of hydrogen-bond donors (Lipinski definition) is 0. The molecule has 1 rings (SSSR count). The van der Waals surface area contributed by atoms with Crippen LogP contribution in [0.1, 0.15) is 13.3 Å². The van der Waals surface area contributed by atoms with Crippen LogP contribution in [0.3, 0.4) is 0 Å². The maximum absolute atomic E-state index is 7.02. The van der Waals surface area contributed by atoms with Crippen LogP contribution in [0.2, 0.25) is 0 Å². The number of aliphatic imine (C=N–C) groups is 1. The topological polar surface area (TPSA) is 36.2 Å². The molecular weight excluding hydrogens is 222 g/mol. The van der Waals surface area contributed by atoms with Gasteiger partial charge in [-0.15, -0.1) is 6.54 Å². The summed E-state index contributed by atoms with van der Waals surface area (Å²) in [6, 6.07) is 0. The van der Waals surface area contributed by atoms with Crippen LogP contribution in [0.25, 0.3) is 5.73 Å². The van der Waals surface area contributed by atoms with Gasteiger partial charge in [-0.1, -0.05) is 19.1 Å². The van der Waals surface area contributed by atoms with Crippen LogP contribution in [0, 0.1) is 5.92 Å². The molecule has 1 atom stereocenters. The van der Waals surface area contributed by atoms with Crippen molar-refractivity contribution < 1.29 is 58.2 Å². The molecule has 0 spiro atoms. The van der Waals surface area contributed by atoms with Gasteiger partial charge in [-0.25, -0.2) is 0 Å². The third-order valence-electron chi connectivity index (χ3n) is 1.60. The molecule has 12 heavy (non-hydrogen) atoms. The molecule has 0 fully saturated rings. The van der Waals surface area contributed by atoms with Gasteiger partial charge in [0.25, 0.3) is 0 Å². The normalized spacial score (nSPS) is 21.2. The predicted octanol–water partition coefficient (Wildman–Crippen LogP) is -0.407. The van der Waals surface area contributed by atoms with Gasteiger partial charge >= 0.3 is 58.2 Å². The molecule has 1 unspecified atom stereocenters. The molecule has 0 aromatic carbocycles. The van der Waals surface area contributed by atoms with Gasteiger partial charge in [0, 0.05) is 11.9 Å². The van der Waals surface area contributed by atoms with Gasteiger partial charge in [0.1, 0.15) is 0 Å². The molecule has 0 aromatic heterocycles. The van der Waals surface area contributed by atoms with Crippen molar-refractivity contribution in [1.82, 2.24) is 0 Å². The van der Waals surface area contributed by atoms with Crippen molar-refractivity contribution in [3.63, 3.8) is 0 Å². The van der Waals surface area contributed by atoms with E-state index in [-0.39, 0.29) is 58.2 Å². The molecule has 0 saturated heterocycles. The van der Waals surface area contributed by atoms with E-state index in [0.717, 1.165) is 12.1 Å². The van der Waals surface area contributed by atoms with E-state index in [9.17, 15) is 0 Å². The largest absolute Gasteiger partial charge is 1.00 e. The zero-order valence-electron chi connectivity index (χ0n) is 7.75. The van der Waals surface area contributed by atoms with E-state index in [0.29, 0.717) is 12.5 Å². The average Bonchev–Trinajstić information content (AvgIpc) is 2.17. The molecular formula is C9H13N2Rb. The minimum Gasteiger partial charge on any atom is -0.677 e. The summed E-state index contributed by atoms with van der Waals surface area (Å²) in [5, 5.41) is 0. The fraction of sp³-hybridized carbons (Fsp3) is 0.444. The molecule has 2 nitrogen and oxygen atoms in total. The van der Waals surface area contributed by atoms with E-state index >= 15 is 0 Å². The Morgan fingerprint density at radius 1 is 1.50 bits per heavy atom. The van der Waals surface area contributed by atoms with Crippen molar-refractivity contribution in [2.45, 2.75) is 13.3 Å². The smallest absolute Gasteiger partial charge is 0.677 e. The molecule has 60 valence electrons. The molecule has 0 bridgehead atoms. The van der Waals surface area contributed by atoms with Crippen LogP contribution >= 0.6 is 0 Å². The van der Waals surface area contributed by atoms with Crippen molar-refractivity contribution >= 4 is 5.71 Å². The van der Waals surface area contributed by atoms with Gasteiger partial charge in [0.2, 0.25) is 0 Å². The van der Waals surface area contributed by atoms with Gasteiger partial charge in [0.15, 0.2) is 0 Å². The number of nitrogens with zero attached hydrogens (tertiary/aromatic N) is 1. The Morgan fingerprint density at radius 3 is 2.92 bits per heavy atom. The van der Waals surface area contributed by atoms with Crippen molar-refractivity contribution in [3.05, 3.63) is 30.2 Å². The SMILES string of the molecule is CC1C=CN=C(CC[NH-])C=C1.[Rb+]. The molecule has 0 aliphatic carbocycles. The maximum Gasteiger partial charge on any atom is 1.00 e. The Labute approximate surface area is 123 Å². The van der Waals surface area contributed by atoms with Crippen LogP contribution in [0.15, 0.2) is 29.4 Å². The third-order valence-corrected chi connectivity index (χ3v) is 1.60. The molecule has 0 aromatic rings. The Kier molecular flexibility index (Phi) is 7.89. The van der Waals surface area contributed by atoms with Crippen molar-refractivity contribution in [2.24, 2.45) is 10.9 Å². The zero-order valence-corrected chi connectivity index (χ0v) is 12.7. The van der Waals surface area contributed by atoms with E-state index in [4.69, 9.17) is 5.73 Å². The van der Waals surface area contributed by atoms with Crippen LogP contribution < -0.4 is 58.2 Å². The van der Waals surface area contributed by atoms with E-state index in [2.05, 4.69) is 18.0 Å². The van der Waals surface area contributed by atoms with Gasteiger partial charge in [-0.05, 0) is 18.4 Å². The Hall–Kier alpha value is 0.915. The zero-order chi connectivity index (χ0) is 8.10. The molecule has 1 N–H and O–H groups in total. The first kappa shape index (κ1) is 12.9. The molecule has 0 amide bonds. The number of nitrogens with one attached hydrogen (secondary N) is 1. The van der Waals surface area contributed by atoms with E-state index in [1.165, 1.54) is 0 Å². The molecule has 1 heterocycles. The Morgan fingerprint density at radius 2 is 2.25 bits per heavy atom. The molecule has 0 radical (unpaired) electrons. The second-order valence-electron chi connectivity index (χ2n) is 2.68. The van der Waals surface area contributed by atoms with Crippen LogP contribution in [0.5, 0.6) is 0 Å². The standard InChI is InChI=1S/C9H13N2.Rb/c1-8-2-3-9(4-6-10)11-7-5-8;/h2-3,5,7-8,10H,4,6H2,1H3;/q-1;+1. The Bertz CT molecular complexity index is 207. The second-order valence-corrected chi connectivity index (χ2v) is 2.68. The molecule has 1 aliphatic rings. The van der Waals surface area contributed by atoms with Crippen LogP contribution in [0.4, 0.5) is 0 Å². The van der Waals surface area contributed by atoms with Crippen molar-refractivity contribution in [2.75, 3.05) is 6.54 Å². The first-order chi connectivity index (χ1) is 5.33. The fourth-order valence-electron chi connectivity index (χ4n) is 0.921. The van der Waals surface area contributed by atoms with E-state index in [1.807, 2.05) is 18.4 Å². The minimum absolute atomic E-state index is 0. The van der Waals surface area contributed by atoms with Crippen molar-refractivity contribution in [1.29, 1.82) is 0 Å². The van der Waals surface area contributed by atoms with E-state index < -0.39 is 0 Å². The molecule has 1 aliphatic heterocycles. The predicted molar refractivity (Wildman–Crippen MR) is 48.7 cm³/mol. The van der Waals surface area contributed by atoms with Crippen LogP contribution in [-0.4, -0.2) is 12.3 Å². The van der Waals surface area contributed by atoms with Gasteiger partial charge in [0.05, 0.1) is 0 Å². The summed E-state index contributed by atoms with van der Waals surface area (Å²) in [4.78, 5) is 4.19. The fourth-order valence-corrected chi connectivity index (χ4v) is 0.921. The monoisotopic (exact) mass is 234 g/mol. The van der Waals surface area contributed by atoms with E-state index in [1.54, 1.807) is 0 Å². The number of rotatable bonds is 2. The summed E-state index contributed by atoms with van der Waals surface area (Å²) in [6.45, 7) is 2.54. The van der Waals surface area contributed by atoms with Crippen LogP contribution in [-0.2, 0) is 0 Å². The maximum atomic E-state index is 7.02. The minimum atomic E-state index is 0. The summed E-state index contributed by atoms with van der Waals surface area (Å²) in [5.74, 6) is 0.474. The number of allylic oxidation sites excluding steroid dienone is 3. The summed E-state index contributed by atoms with van der Waals surface area (Å²) in [5.41, 5.74) is 8.04. The van der Waals surface area contributed by atoms with Crippen molar-refractivity contribution in [3.8, 4) is 0 Å². The van der Waals surface area contributed by atoms with Gasteiger partial charge in [-0.3, -0.25) is 4.99 Å². The number of hydrogen-bond acceptors (Lipinski definition) is 1. The Balaban J connectivity index is 0.00000121. The quantitative estimate of drug-likeness (QED) is 0.623. The third kappa shape index (κ3) is 4.82. The first-order valence-corrected chi connectivity index (χ1v) is 3.89. The van der Waals surface area contributed by atoms with Gasteiger partial charge < -0.3 is 5.73 Å². The second kappa shape index (κ2) is 7.33. The summed E-state index contributed by atoms with van der Waals surface area (Å²) in [7, 11) is 0. The molecule has 3 heteroatoms. The molecule has 0 saturated carbocycles. The summed E-state index contributed by atoms with van der Waals surface area (Å²) < 4.78 is 0. The van der Waals surface area contributed by atoms with Gasteiger partial charge in [-0.2, -0.15) is 0 Å².